The number of piperazine rings is 1. The average molecular weight is 417 g/mol. The van der Waals surface area contributed by atoms with Gasteiger partial charge in [-0.2, -0.15) is 0 Å². The molecule has 3 aromatic rings. The molecule has 8 heteroatoms. The van der Waals surface area contributed by atoms with Crippen LogP contribution in [0.1, 0.15) is 36.5 Å². The lowest BCUT2D eigenvalue weighted by molar-refractivity contribution is 0.164. The Morgan fingerprint density at radius 2 is 2.00 bits per heavy atom. The van der Waals surface area contributed by atoms with Crippen molar-refractivity contribution < 1.29 is 0 Å². The molecule has 2 aromatic heterocycles. The zero-order valence-electron chi connectivity index (χ0n) is 16.0. The summed E-state index contributed by atoms with van der Waals surface area (Å²) in [4.78, 5) is 6.20. The van der Waals surface area contributed by atoms with E-state index in [2.05, 4.69) is 55.8 Å². The molecule has 0 amide bonds. The summed E-state index contributed by atoms with van der Waals surface area (Å²) in [5.74, 6) is 0.978. The van der Waals surface area contributed by atoms with Crippen molar-refractivity contribution in [3.05, 3.63) is 57.5 Å². The van der Waals surface area contributed by atoms with E-state index in [4.69, 9.17) is 11.6 Å². The zero-order chi connectivity index (χ0) is 19.3. The number of hydrogen-bond donors (Lipinski definition) is 0. The fourth-order valence-electron chi connectivity index (χ4n) is 3.83. The van der Waals surface area contributed by atoms with Gasteiger partial charge in [-0.1, -0.05) is 37.1 Å². The highest BCUT2D eigenvalue weighted by atomic mass is 35.5. The van der Waals surface area contributed by atoms with Crippen molar-refractivity contribution in [1.82, 2.24) is 25.1 Å². The summed E-state index contributed by atoms with van der Waals surface area (Å²) in [7, 11) is 0. The minimum absolute atomic E-state index is 0.251. The second-order valence-corrected chi connectivity index (χ2v) is 8.55. The van der Waals surface area contributed by atoms with Crippen molar-refractivity contribution in [1.29, 1.82) is 0 Å². The van der Waals surface area contributed by atoms with E-state index in [-0.39, 0.29) is 6.04 Å². The number of anilines is 1. The summed E-state index contributed by atoms with van der Waals surface area (Å²) in [6, 6.07) is 12.6. The topological polar surface area (TPSA) is 50.1 Å². The maximum Gasteiger partial charge on any atom is 0.168 e. The van der Waals surface area contributed by atoms with Crippen molar-refractivity contribution in [3.63, 3.8) is 0 Å². The van der Waals surface area contributed by atoms with Crippen LogP contribution in [0, 0.1) is 0 Å². The van der Waals surface area contributed by atoms with Gasteiger partial charge in [0.2, 0.25) is 0 Å². The molecule has 1 aliphatic rings. The first-order valence-corrected chi connectivity index (χ1v) is 11.0. The second kappa shape index (κ2) is 9.03. The van der Waals surface area contributed by atoms with Gasteiger partial charge in [0.05, 0.1) is 12.6 Å². The van der Waals surface area contributed by atoms with Gasteiger partial charge >= 0.3 is 0 Å². The first-order valence-electron chi connectivity index (χ1n) is 9.77. The van der Waals surface area contributed by atoms with Crippen molar-refractivity contribution in [2.24, 2.45) is 0 Å². The van der Waals surface area contributed by atoms with Crippen LogP contribution in [0.4, 0.5) is 5.69 Å². The van der Waals surface area contributed by atoms with Crippen LogP contribution in [0.25, 0.3) is 0 Å². The normalized spacial score (nSPS) is 16.4. The van der Waals surface area contributed by atoms with Gasteiger partial charge in [-0.15, -0.1) is 16.4 Å². The average Bonchev–Trinajstić information content (AvgIpc) is 3.39. The van der Waals surface area contributed by atoms with E-state index in [0.29, 0.717) is 0 Å². The molecule has 6 nitrogen and oxygen atoms in total. The smallest absolute Gasteiger partial charge is 0.168 e. The number of aromatic nitrogens is 4. The Morgan fingerprint density at radius 3 is 2.71 bits per heavy atom. The fraction of sp³-hybridized carbons (Fsp3) is 0.450. The minimum Gasteiger partial charge on any atom is -0.369 e. The highest BCUT2D eigenvalue weighted by molar-refractivity contribution is 7.09. The summed E-state index contributed by atoms with van der Waals surface area (Å²) in [5, 5.41) is 15.6. The van der Waals surface area contributed by atoms with E-state index in [9.17, 15) is 0 Å². The summed E-state index contributed by atoms with van der Waals surface area (Å²) in [5.41, 5.74) is 1.20. The highest BCUT2D eigenvalue weighted by Gasteiger charge is 2.28. The number of tetrazole rings is 1. The second-order valence-electron chi connectivity index (χ2n) is 7.08. The molecule has 4 rings (SSSR count). The van der Waals surface area contributed by atoms with Gasteiger partial charge in [-0.05, 0) is 46.5 Å². The van der Waals surface area contributed by atoms with Crippen LogP contribution in [-0.4, -0.2) is 51.3 Å². The largest absolute Gasteiger partial charge is 0.369 e. The standard InChI is InChI=1S/C20H25ClN6S/c1-2-5-19(20-22-23-24-27(20)15-18-8-4-13-28-18)26-11-9-25(10-12-26)17-7-3-6-16(21)14-17/h3-4,6-8,13-14,19H,2,5,9-12,15H2,1H3. The van der Waals surface area contributed by atoms with Crippen molar-refractivity contribution in [2.45, 2.75) is 32.4 Å². The molecule has 0 spiro atoms. The number of rotatable bonds is 7. The third-order valence-electron chi connectivity index (χ3n) is 5.23. The van der Waals surface area contributed by atoms with Crippen LogP contribution >= 0.6 is 22.9 Å². The molecule has 3 heterocycles. The molecule has 1 aromatic carbocycles. The predicted octanol–water partition coefficient (Wildman–Crippen LogP) is 4.10. The Bertz CT molecular complexity index is 872. The van der Waals surface area contributed by atoms with Crippen molar-refractivity contribution in [2.75, 3.05) is 31.1 Å². The van der Waals surface area contributed by atoms with E-state index in [1.807, 2.05) is 22.9 Å². The van der Waals surface area contributed by atoms with E-state index < -0.39 is 0 Å². The summed E-state index contributed by atoms with van der Waals surface area (Å²) in [6.07, 6.45) is 2.16. The summed E-state index contributed by atoms with van der Waals surface area (Å²) in [6.45, 7) is 6.90. The molecule has 1 aliphatic heterocycles. The molecule has 1 saturated heterocycles. The van der Waals surface area contributed by atoms with Crippen LogP contribution in [0.2, 0.25) is 5.02 Å². The van der Waals surface area contributed by atoms with Gasteiger partial charge in [0, 0.05) is 41.8 Å². The lowest BCUT2D eigenvalue weighted by Crippen LogP contribution is -2.48. The lowest BCUT2D eigenvalue weighted by Gasteiger charge is -2.39. The van der Waals surface area contributed by atoms with E-state index in [1.165, 1.54) is 10.6 Å². The Labute approximate surface area is 174 Å². The van der Waals surface area contributed by atoms with Gasteiger partial charge in [0.25, 0.3) is 0 Å². The Hall–Kier alpha value is -1.96. The first kappa shape index (κ1) is 19.4. The number of halogens is 1. The number of hydrogen-bond acceptors (Lipinski definition) is 6. The Kier molecular flexibility index (Phi) is 6.24. The van der Waals surface area contributed by atoms with E-state index in [1.54, 1.807) is 11.3 Å². The van der Waals surface area contributed by atoms with Crippen LogP contribution in [0.15, 0.2) is 41.8 Å². The molecular formula is C20H25ClN6S. The number of benzene rings is 1. The number of nitrogens with zero attached hydrogens (tertiary/aromatic N) is 6. The van der Waals surface area contributed by atoms with Gasteiger partial charge in [-0.25, -0.2) is 4.68 Å². The molecule has 0 N–H and O–H groups in total. The van der Waals surface area contributed by atoms with Gasteiger partial charge in [0.1, 0.15) is 0 Å². The molecule has 0 radical (unpaired) electrons. The van der Waals surface area contributed by atoms with Crippen molar-refractivity contribution >= 4 is 28.6 Å². The zero-order valence-corrected chi connectivity index (χ0v) is 17.6. The van der Waals surface area contributed by atoms with Crippen LogP contribution in [0.3, 0.4) is 0 Å². The summed E-state index contributed by atoms with van der Waals surface area (Å²) < 4.78 is 1.97. The summed E-state index contributed by atoms with van der Waals surface area (Å²) >= 11 is 7.91. The Balaban J connectivity index is 1.47. The van der Waals surface area contributed by atoms with Gasteiger partial charge in [0.15, 0.2) is 5.82 Å². The maximum atomic E-state index is 6.17. The predicted molar refractivity (Wildman–Crippen MR) is 114 cm³/mol. The van der Waals surface area contributed by atoms with Crippen molar-refractivity contribution in [3.8, 4) is 0 Å². The molecule has 1 atom stereocenters. The monoisotopic (exact) mass is 416 g/mol. The molecule has 1 unspecified atom stereocenters. The third-order valence-corrected chi connectivity index (χ3v) is 6.33. The first-order chi connectivity index (χ1) is 13.7. The van der Waals surface area contributed by atoms with E-state index in [0.717, 1.165) is 56.4 Å². The van der Waals surface area contributed by atoms with Crippen LogP contribution < -0.4 is 4.90 Å². The van der Waals surface area contributed by atoms with Crippen LogP contribution in [0.5, 0.6) is 0 Å². The quantitative estimate of drug-likeness (QED) is 0.580. The number of thiophene rings is 1. The SMILES string of the molecule is CCCC(c1nnnn1Cc1cccs1)N1CCN(c2cccc(Cl)c2)CC1. The van der Waals surface area contributed by atoms with E-state index >= 15 is 0 Å². The van der Waals surface area contributed by atoms with Gasteiger partial charge < -0.3 is 4.90 Å². The molecule has 0 aliphatic carbocycles. The third kappa shape index (κ3) is 4.37. The molecule has 0 bridgehead atoms. The molecule has 148 valence electrons. The molecule has 28 heavy (non-hydrogen) atoms. The lowest BCUT2D eigenvalue weighted by atomic mass is 10.1. The molecule has 0 saturated carbocycles. The van der Waals surface area contributed by atoms with Crippen LogP contribution in [-0.2, 0) is 6.54 Å². The van der Waals surface area contributed by atoms with Gasteiger partial charge in [-0.3, -0.25) is 4.90 Å². The molecular weight excluding hydrogens is 392 g/mol. The highest BCUT2D eigenvalue weighted by Crippen LogP contribution is 2.28. The molecule has 1 fully saturated rings. The minimum atomic E-state index is 0.251. The Morgan fingerprint density at radius 1 is 1.14 bits per heavy atom. The fourth-order valence-corrected chi connectivity index (χ4v) is 4.70. The maximum absolute atomic E-state index is 6.17.